The van der Waals surface area contributed by atoms with Gasteiger partial charge in [0, 0.05) is 19.0 Å². The fourth-order valence-corrected chi connectivity index (χ4v) is 3.33. The Morgan fingerprint density at radius 2 is 2.15 bits per heavy atom. The summed E-state index contributed by atoms with van der Waals surface area (Å²) in [6.07, 6.45) is 4.86. The van der Waals surface area contributed by atoms with Crippen LogP contribution in [0.25, 0.3) is 0 Å². The molecule has 2 rings (SSSR count). The Labute approximate surface area is 119 Å². The van der Waals surface area contributed by atoms with Crippen molar-refractivity contribution in [3.63, 3.8) is 0 Å². The minimum atomic E-state index is -1.01. The number of hydrogen-bond donors (Lipinski definition) is 3. The lowest BCUT2D eigenvalue weighted by Crippen LogP contribution is -2.57. The quantitative estimate of drug-likeness (QED) is 0.726. The zero-order valence-electron chi connectivity index (χ0n) is 12.0. The molecule has 2 fully saturated rings. The van der Waals surface area contributed by atoms with Crippen LogP contribution in [0, 0.1) is 5.92 Å². The molecule has 0 aromatic carbocycles. The van der Waals surface area contributed by atoms with E-state index in [0.29, 0.717) is 25.9 Å². The van der Waals surface area contributed by atoms with Gasteiger partial charge in [-0.15, -0.1) is 0 Å². The number of carboxylic acid groups (broad SMARTS) is 1. The number of aliphatic carboxylic acids is 1. The second-order valence-corrected chi connectivity index (χ2v) is 5.99. The summed E-state index contributed by atoms with van der Waals surface area (Å²) in [4.78, 5) is 24.7. The standard InChI is InChI=1S/C14H24N2O4/c1-2-11(12(17)18)15-13(19)16-8-7-14(20)6-4-3-5-10(14)9-16/h10-11,20H,2-9H2,1H3,(H,15,19)(H,17,18)/t10?,11-,14?/m0/s1. The molecule has 2 unspecified atom stereocenters. The number of hydrogen-bond acceptors (Lipinski definition) is 3. The van der Waals surface area contributed by atoms with Gasteiger partial charge in [0.25, 0.3) is 0 Å². The van der Waals surface area contributed by atoms with Crippen molar-refractivity contribution in [2.45, 2.75) is 57.1 Å². The Morgan fingerprint density at radius 3 is 2.80 bits per heavy atom. The van der Waals surface area contributed by atoms with E-state index in [4.69, 9.17) is 5.11 Å². The number of nitrogens with one attached hydrogen (secondary N) is 1. The van der Waals surface area contributed by atoms with E-state index in [1.165, 1.54) is 0 Å². The Hall–Kier alpha value is -1.30. The van der Waals surface area contributed by atoms with Crippen molar-refractivity contribution in [1.82, 2.24) is 10.2 Å². The van der Waals surface area contributed by atoms with Crippen LogP contribution in [0.1, 0.15) is 45.4 Å². The monoisotopic (exact) mass is 284 g/mol. The molecule has 3 atom stereocenters. The SMILES string of the molecule is CC[C@H](NC(=O)N1CCC2(O)CCCCC2C1)C(=O)O. The van der Waals surface area contributed by atoms with Gasteiger partial charge in [0.05, 0.1) is 5.60 Å². The highest BCUT2D eigenvalue weighted by molar-refractivity contribution is 5.82. The predicted octanol–water partition coefficient (Wildman–Crippen LogP) is 1.19. The van der Waals surface area contributed by atoms with E-state index >= 15 is 0 Å². The number of amides is 2. The fraction of sp³-hybridized carbons (Fsp3) is 0.857. The van der Waals surface area contributed by atoms with Gasteiger partial charge in [-0.1, -0.05) is 19.8 Å². The molecule has 2 aliphatic rings. The minimum absolute atomic E-state index is 0.126. The molecule has 3 N–H and O–H groups in total. The minimum Gasteiger partial charge on any atom is -0.480 e. The van der Waals surface area contributed by atoms with Gasteiger partial charge in [-0.2, -0.15) is 0 Å². The van der Waals surface area contributed by atoms with Gasteiger partial charge in [-0.25, -0.2) is 9.59 Å². The first-order valence-corrected chi connectivity index (χ1v) is 7.47. The molecule has 1 aliphatic heterocycles. The van der Waals surface area contributed by atoms with Crippen molar-refractivity contribution >= 4 is 12.0 Å². The first-order chi connectivity index (χ1) is 9.46. The Morgan fingerprint density at radius 1 is 1.40 bits per heavy atom. The Kier molecular flexibility index (Phi) is 4.52. The second kappa shape index (κ2) is 5.99. The molecular weight excluding hydrogens is 260 g/mol. The largest absolute Gasteiger partial charge is 0.480 e. The maximum atomic E-state index is 12.1. The third kappa shape index (κ3) is 3.06. The molecule has 0 aromatic heterocycles. The smallest absolute Gasteiger partial charge is 0.326 e. The average molecular weight is 284 g/mol. The van der Waals surface area contributed by atoms with Gasteiger partial charge in [0.2, 0.25) is 0 Å². The van der Waals surface area contributed by atoms with E-state index in [-0.39, 0.29) is 11.9 Å². The van der Waals surface area contributed by atoms with Crippen LogP contribution in [0.2, 0.25) is 0 Å². The van der Waals surface area contributed by atoms with E-state index in [1.807, 2.05) is 0 Å². The van der Waals surface area contributed by atoms with Crippen LogP contribution < -0.4 is 5.32 Å². The van der Waals surface area contributed by atoms with Gasteiger partial charge in [-0.05, 0) is 25.7 Å². The summed E-state index contributed by atoms with van der Waals surface area (Å²) in [5.41, 5.74) is -0.619. The summed E-state index contributed by atoms with van der Waals surface area (Å²) in [5, 5.41) is 22.1. The van der Waals surface area contributed by atoms with Crippen molar-refractivity contribution < 1.29 is 19.8 Å². The third-order valence-electron chi connectivity index (χ3n) is 4.72. The normalized spacial score (nSPS) is 31.3. The van der Waals surface area contributed by atoms with Crippen molar-refractivity contribution in [3.05, 3.63) is 0 Å². The van der Waals surface area contributed by atoms with Crippen LogP contribution in [-0.4, -0.2) is 51.8 Å². The summed E-state index contributed by atoms with van der Waals surface area (Å²) in [5.74, 6) is -0.882. The molecule has 2 amide bonds. The molecular formula is C14H24N2O4. The Bertz CT molecular complexity index is 387. The number of piperidine rings is 1. The molecule has 1 saturated heterocycles. The second-order valence-electron chi connectivity index (χ2n) is 5.99. The number of rotatable bonds is 3. The number of likely N-dealkylation sites (tertiary alicyclic amines) is 1. The van der Waals surface area contributed by atoms with Crippen molar-refractivity contribution in [2.75, 3.05) is 13.1 Å². The number of carbonyl (C=O) groups excluding carboxylic acids is 1. The number of carbonyl (C=O) groups is 2. The number of nitrogens with zero attached hydrogens (tertiary/aromatic N) is 1. The molecule has 1 aliphatic carbocycles. The maximum Gasteiger partial charge on any atom is 0.326 e. The van der Waals surface area contributed by atoms with E-state index in [9.17, 15) is 14.7 Å². The van der Waals surface area contributed by atoms with Gasteiger partial charge < -0.3 is 20.4 Å². The molecule has 0 bridgehead atoms. The van der Waals surface area contributed by atoms with Gasteiger partial charge >= 0.3 is 12.0 Å². The number of aliphatic hydroxyl groups is 1. The molecule has 0 aromatic rings. The van der Waals surface area contributed by atoms with E-state index in [1.54, 1.807) is 11.8 Å². The number of urea groups is 1. The summed E-state index contributed by atoms with van der Waals surface area (Å²) in [6.45, 7) is 2.75. The summed E-state index contributed by atoms with van der Waals surface area (Å²) in [7, 11) is 0. The summed E-state index contributed by atoms with van der Waals surface area (Å²) in [6, 6.07) is -1.17. The van der Waals surface area contributed by atoms with Crippen LogP contribution in [0.15, 0.2) is 0 Å². The highest BCUT2D eigenvalue weighted by Crippen LogP contribution is 2.39. The molecule has 20 heavy (non-hydrogen) atoms. The van der Waals surface area contributed by atoms with Crippen LogP contribution in [-0.2, 0) is 4.79 Å². The summed E-state index contributed by atoms with van der Waals surface area (Å²) >= 11 is 0. The molecule has 0 spiro atoms. The van der Waals surface area contributed by atoms with Gasteiger partial charge in [0.1, 0.15) is 6.04 Å². The predicted molar refractivity (Wildman–Crippen MR) is 73.3 cm³/mol. The molecule has 0 radical (unpaired) electrons. The molecule has 6 heteroatoms. The zero-order chi connectivity index (χ0) is 14.8. The highest BCUT2D eigenvalue weighted by Gasteiger charge is 2.43. The van der Waals surface area contributed by atoms with E-state index < -0.39 is 17.6 Å². The highest BCUT2D eigenvalue weighted by atomic mass is 16.4. The number of carboxylic acids is 1. The van der Waals surface area contributed by atoms with Gasteiger partial charge in [-0.3, -0.25) is 0 Å². The van der Waals surface area contributed by atoms with Crippen LogP contribution in [0.3, 0.4) is 0 Å². The number of fused-ring (bicyclic) bond motifs is 1. The molecule has 1 saturated carbocycles. The van der Waals surface area contributed by atoms with Crippen LogP contribution in [0.4, 0.5) is 4.79 Å². The van der Waals surface area contributed by atoms with Crippen LogP contribution in [0.5, 0.6) is 0 Å². The topological polar surface area (TPSA) is 89.9 Å². The van der Waals surface area contributed by atoms with Crippen molar-refractivity contribution in [1.29, 1.82) is 0 Å². The fourth-order valence-electron chi connectivity index (χ4n) is 3.33. The lowest BCUT2D eigenvalue weighted by molar-refractivity contribution is -0.139. The molecule has 1 heterocycles. The van der Waals surface area contributed by atoms with E-state index in [2.05, 4.69) is 5.32 Å². The first-order valence-electron chi connectivity index (χ1n) is 7.47. The van der Waals surface area contributed by atoms with Gasteiger partial charge in [0.15, 0.2) is 0 Å². The molecule has 6 nitrogen and oxygen atoms in total. The third-order valence-corrected chi connectivity index (χ3v) is 4.72. The average Bonchev–Trinajstić information content (AvgIpc) is 2.43. The molecule has 114 valence electrons. The van der Waals surface area contributed by atoms with Crippen molar-refractivity contribution in [2.24, 2.45) is 5.92 Å². The lowest BCUT2D eigenvalue weighted by Gasteiger charge is -2.47. The lowest BCUT2D eigenvalue weighted by atomic mass is 9.71. The Balaban J connectivity index is 1.94. The zero-order valence-corrected chi connectivity index (χ0v) is 12.0. The maximum absolute atomic E-state index is 12.1. The van der Waals surface area contributed by atoms with E-state index in [0.717, 1.165) is 25.7 Å². The van der Waals surface area contributed by atoms with Crippen LogP contribution >= 0.6 is 0 Å². The van der Waals surface area contributed by atoms with Crippen molar-refractivity contribution in [3.8, 4) is 0 Å². The summed E-state index contributed by atoms with van der Waals surface area (Å²) < 4.78 is 0. The first kappa shape index (κ1) is 15.1.